The number of ether oxygens (including phenoxy) is 1. The van der Waals surface area contributed by atoms with Gasteiger partial charge in [-0.3, -0.25) is 23.5 Å². The molecule has 2 aromatic heterocycles. The first-order valence-electron chi connectivity index (χ1n) is 9.18. The van der Waals surface area contributed by atoms with E-state index in [1.807, 2.05) is 19.1 Å². The highest BCUT2D eigenvalue weighted by Gasteiger charge is 2.21. The Morgan fingerprint density at radius 1 is 1.10 bits per heavy atom. The van der Waals surface area contributed by atoms with Gasteiger partial charge in [-0.15, -0.1) is 0 Å². The van der Waals surface area contributed by atoms with Crippen molar-refractivity contribution in [3.63, 3.8) is 0 Å². The molecule has 9 nitrogen and oxygen atoms in total. The average molecular weight is 398 g/mol. The van der Waals surface area contributed by atoms with Gasteiger partial charge in [0.05, 0.1) is 6.33 Å². The lowest BCUT2D eigenvalue weighted by molar-refractivity contribution is -0.146. The Hall–Kier alpha value is -3.49. The molecule has 0 fully saturated rings. The first kappa shape index (κ1) is 20.2. The van der Waals surface area contributed by atoms with E-state index < -0.39 is 23.3 Å². The van der Waals surface area contributed by atoms with Crippen molar-refractivity contribution in [1.82, 2.24) is 18.7 Å². The van der Waals surface area contributed by atoms with E-state index in [0.29, 0.717) is 5.56 Å². The zero-order valence-electron chi connectivity index (χ0n) is 16.7. The molecule has 3 rings (SSSR count). The van der Waals surface area contributed by atoms with E-state index in [4.69, 9.17) is 4.74 Å². The molecule has 1 atom stereocenters. The summed E-state index contributed by atoms with van der Waals surface area (Å²) in [6.45, 7) is 3.21. The van der Waals surface area contributed by atoms with Crippen LogP contribution in [0, 0.1) is 0 Å². The molecular formula is C20H22N4O5. The van der Waals surface area contributed by atoms with Crippen LogP contribution in [-0.2, 0) is 36.6 Å². The highest BCUT2D eigenvalue weighted by Crippen LogP contribution is 2.11. The maximum absolute atomic E-state index is 12.5. The maximum atomic E-state index is 12.5. The van der Waals surface area contributed by atoms with Crippen molar-refractivity contribution in [2.45, 2.75) is 32.9 Å². The van der Waals surface area contributed by atoms with Crippen LogP contribution in [0.1, 0.15) is 29.8 Å². The molecule has 3 aromatic rings. The second kappa shape index (κ2) is 7.86. The van der Waals surface area contributed by atoms with Crippen LogP contribution in [-0.4, -0.2) is 36.5 Å². The molecule has 0 amide bonds. The van der Waals surface area contributed by atoms with Gasteiger partial charge in [-0.05, 0) is 18.9 Å². The SMILES string of the molecule is CCc1ccc(C(=O)[C@H](C)OC(=O)Cn2cnc3c2c(=O)n(C)c(=O)n3C)cc1. The van der Waals surface area contributed by atoms with Gasteiger partial charge in [-0.2, -0.15) is 0 Å². The lowest BCUT2D eigenvalue weighted by Crippen LogP contribution is -2.37. The van der Waals surface area contributed by atoms with Crippen LogP contribution in [0.4, 0.5) is 0 Å². The van der Waals surface area contributed by atoms with E-state index in [1.54, 1.807) is 12.1 Å². The Kier molecular flexibility index (Phi) is 5.49. The summed E-state index contributed by atoms with van der Waals surface area (Å²) < 4.78 is 8.74. The molecule has 0 spiro atoms. The van der Waals surface area contributed by atoms with Crippen molar-refractivity contribution in [2.24, 2.45) is 14.1 Å². The quantitative estimate of drug-likeness (QED) is 0.449. The molecular weight excluding hydrogens is 376 g/mol. The predicted octanol–water partition coefficient (Wildman–Crippen LogP) is 0.811. The number of aromatic nitrogens is 4. The Labute approximate surface area is 166 Å². The first-order valence-corrected chi connectivity index (χ1v) is 9.18. The zero-order valence-corrected chi connectivity index (χ0v) is 16.7. The van der Waals surface area contributed by atoms with Gasteiger partial charge in [0.15, 0.2) is 17.3 Å². The fourth-order valence-corrected chi connectivity index (χ4v) is 3.08. The molecule has 2 heterocycles. The van der Waals surface area contributed by atoms with Gasteiger partial charge < -0.3 is 9.30 Å². The molecule has 0 unspecified atom stereocenters. The molecule has 0 aliphatic carbocycles. The minimum absolute atomic E-state index is 0.112. The van der Waals surface area contributed by atoms with E-state index in [-0.39, 0.29) is 23.5 Å². The van der Waals surface area contributed by atoms with Gasteiger partial charge in [0, 0.05) is 19.7 Å². The summed E-state index contributed by atoms with van der Waals surface area (Å²) >= 11 is 0. The Bertz CT molecular complexity index is 1200. The summed E-state index contributed by atoms with van der Waals surface area (Å²) in [5.41, 5.74) is 0.775. The number of Topliss-reactive ketones (excluding diaryl/α,β-unsaturated/α-hetero) is 1. The first-order chi connectivity index (χ1) is 13.7. The summed E-state index contributed by atoms with van der Waals surface area (Å²) in [6.07, 6.45) is 1.18. The number of carbonyl (C=O) groups is 2. The zero-order chi connectivity index (χ0) is 21.3. The topological polar surface area (TPSA) is 105 Å². The Balaban J connectivity index is 1.78. The molecule has 1 aromatic carbocycles. The van der Waals surface area contributed by atoms with Crippen molar-refractivity contribution in [1.29, 1.82) is 0 Å². The third kappa shape index (κ3) is 3.75. The highest BCUT2D eigenvalue weighted by atomic mass is 16.5. The molecule has 9 heteroatoms. The molecule has 0 saturated heterocycles. The van der Waals surface area contributed by atoms with E-state index in [0.717, 1.165) is 16.6 Å². The molecule has 0 N–H and O–H groups in total. The molecule has 0 aliphatic heterocycles. The third-order valence-corrected chi connectivity index (χ3v) is 4.84. The van der Waals surface area contributed by atoms with Crippen LogP contribution in [0.3, 0.4) is 0 Å². The lowest BCUT2D eigenvalue weighted by Gasteiger charge is -2.13. The number of rotatable bonds is 6. The lowest BCUT2D eigenvalue weighted by atomic mass is 10.0. The molecule has 152 valence electrons. The molecule has 0 bridgehead atoms. The number of fused-ring (bicyclic) bond motifs is 1. The monoisotopic (exact) mass is 398 g/mol. The summed E-state index contributed by atoms with van der Waals surface area (Å²) in [5.74, 6) is -0.999. The van der Waals surface area contributed by atoms with E-state index in [9.17, 15) is 19.2 Å². The van der Waals surface area contributed by atoms with Crippen molar-refractivity contribution in [2.75, 3.05) is 0 Å². The number of hydrogen-bond donors (Lipinski definition) is 0. The fourth-order valence-electron chi connectivity index (χ4n) is 3.08. The molecule has 0 radical (unpaired) electrons. The van der Waals surface area contributed by atoms with E-state index in [2.05, 4.69) is 4.98 Å². The van der Waals surface area contributed by atoms with Gasteiger partial charge in [0.25, 0.3) is 5.56 Å². The van der Waals surface area contributed by atoms with Gasteiger partial charge in [0.1, 0.15) is 6.54 Å². The van der Waals surface area contributed by atoms with Gasteiger partial charge in [-0.25, -0.2) is 9.78 Å². The van der Waals surface area contributed by atoms with Crippen LogP contribution in [0.2, 0.25) is 0 Å². The average Bonchev–Trinajstić information content (AvgIpc) is 3.13. The Morgan fingerprint density at radius 3 is 2.38 bits per heavy atom. The van der Waals surface area contributed by atoms with Crippen LogP contribution in [0.25, 0.3) is 11.2 Å². The van der Waals surface area contributed by atoms with E-state index >= 15 is 0 Å². The smallest absolute Gasteiger partial charge is 0.332 e. The van der Waals surface area contributed by atoms with E-state index in [1.165, 1.54) is 36.5 Å². The van der Waals surface area contributed by atoms with Gasteiger partial charge in [0.2, 0.25) is 5.78 Å². The van der Waals surface area contributed by atoms with Crippen LogP contribution in [0.5, 0.6) is 0 Å². The molecule has 0 saturated carbocycles. The summed E-state index contributed by atoms with van der Waals surface area (Å²) in [7, 11) is 2.84. The number of imidazole rings is 1. The minimum atomic E-state index is -0.975. The number of hydrogen-bond acceptors (Lipinski definition) is 6. The largest absolute Gasteiger partial charge is 0.453 e. The maximum Gasteiger partial charge on any atom is 0.332 e. The van der Waals surface area contributed by atoms with Crippen LogP contribution >= 0.6 is 0 Å². The van der Waals surface area contributed by atoms with Gasteiger partial charge in [-0.1, -0.05) is 31.2 Å². The summed E-state index contributed by atoms with van der Waals surface area (Å²) in [4.78, 5) is 53.3. The number of carbonyl (C=O) groups excluding carboxylic acids is 2. The van der Waals surface area contributed by atoms with Crippen LogP contribution < -0.4 is 11.2 Å². The predicted molar refractivity (Wildman–Crippen MR) is 106 cm³/mol. The summed E-state index contributed by atoms with van der Waals surface area (Å²) in [5, 5.41) is 0. The highest BCUT2D eigenvalue weighted by molar-refractivity contribution is 6.00. The second-order valence-corrected chi connectivity index (χ2v) is 6.80. The number of aryl methyl sites for hydroxylation is 2. The number of ketones is 1. The molecule has 29 heavy (non-hydrogen) atoms. The third-order valence-electron chi connectivity index (χ3n) is 4.84. The van der Waals surface area contributed by atoms with Gasteiger partial charge >= 0.3 is 11.7 Å². The second-order valence-electron chi connectivity index (χ2n) is 6.80. The molecule has 0 aliphatic rings. The standard InChI is InChI=1S/C20H22N4O5/c1-5-13-6-8-14(9-7-13)17(26)12(2)29-15(25)10-24-11-21-18-16(24)19(27)23(4)20(28)22(18)3/h6-9,11-12H,5,10H2,1-4H3/t12-/m0/s1. The number of nitrogens with zero attached hydrogens (tertiary/aromatic N) is 4. The van der Waals surface area contributed by atoms with Crippen molar-refractivity contribution in [3.05, 3.63) is 62.6 Å². The normalized spacial score (nSPS) is 12.1. The number of benzene rings is 1. The summed E-state index contributed by atoms with van der Waals surface area (Å²) in [6, 6.07) is 7.14. The fraction of sp³-hybridized carbons (Fsp3) is 0.350. The van der Waals surface area contributed by atoms with Crippen molar-refractivity contribution in [3.8, 4) is 0 Å². The number of esters is 1. The Morgan fingerprint density at radius 2 is 1.76 bits per heavy atom. The minimum Gasteiger partial charge on any atom is -0.453 e. The van der Waals surface area contributed by atoms with Crippen molar-refractivity contribution < 1.29 is 14.3 Å². The van der Waals surface area contributed by atoms with Crippen molar-refractivity contribution >= 4 is 22.9 Å². The van der Waals surface area contributed by atoms with Crippen LogP contribution in [0.15, 0.2) is 40.2 Å².